The molecular weight excluding hydrogens is 378 g/mol. The summed E-state index contributed by atoms with van der Waals surface area (Å²) in [5.74, 6) is 1.76. The zero-order valence-electron chi connectivity index (χ0n) is 17.1. The van der Waals surface area contributed by atoms with E-state index in [1.807, 2.05) is 43.3 Å². The second-order valence-electron chi connectivity index (χ2n) is 7.19. The Kier molecular flexibility index (Phi) is 5.80. The first-order valence-electron chi connectivity index (χ1n) is 9.93. The molecule has 0 amide bonds. The van der Waals surface area contributed by atoms with Crippen LogP contribution < -0.4 is 9.47 Å². The number of hydrogen-bond donors (Lipinski definition) is 0. The molecule has 0 spiro atoms. The highest BCUT2D eigenvalue weighted by Gasteiger charge is 2.19. The van der Waals surface area contributed by atoms with Crippen LogP contribution in [0.1, 0.15) is 39.9 Å². The number of nitrogens with zero attached hydrogens (tertiary/aromatic N) is 1. The van der Waals surface area contributed by atoms with E-state index < -0.39 is 5.97 Å². The van der Waals surface area contributed by atoms with Gasteiger partial charge in [0, 0.05) is 5.56 Å². The van der Waals surface area contributed by atoms with Crippen LogP contribution in [-0.4, -0.2) is 18.8 Å². The Labute approximate surface area is 175 Å². The van der Waals surface area contributed by atoms with E-state index in [2.05, 4.69) is 11.2 Å². The monoisotopic (exact) mass is 401 g/mol. The third kappa shape index (κ3) is 4.35. The number of ether oxygens (including phenoxy) is 2. The predicted octanol–water partition coefficient (Wildman–Crippen LogP) is 5.69. The lowest BCUT2D eigenvalue weighted by molar-refractivity contribution is 0.0515. The van der Waals surface area contributed by atoms with Gasteiger partial charge in [-0.2, -0.15) is 0 Å². The van der Waals surface area contributed by atoms with Crippen molar-refractivity contribution in [3.8, 4) is 17.2 Å². The number of rotatable bonds is 5. The SMILES string of the molecule is COc1cc2c(cc1C)/C(=N\OC(=O)c1ccc(Oc3ccccc3)cc1)CCC2. The molecule has 5 nitrogen and oxygen atoms in total. The molecule has 0 aromatic heterocycles. The number of aryl methyl sites for hydroxylation is 2. The van der Waals surface area contributed by atoms with Gasteiger partial charge < -0.3 is 14.3 Å². The Morgan fingerprint density at radius 1 is 0.933 bits per heavy atom. The number of benzene rings is 3. The summed E-state index contributed by atoms with van der Waals surface area (Å²) in [4.78, 5) is 17.7. The topological polar surface area (TPSA) is 57.1 Å². The maximum absolute atomic E-state index is 12.4. The molecule has 0 saturated heterocycles. The first-order valence-corrected chi connectivity index (χ1v) is 9.93. The highest BCUT2D eigenvalue weighted by atomic mass is 16.7. The molecule has 4 rings (SSSR count). The summed E-state index contributed by atoms with van der Waals surface area (Å²) >= 11 is 0. The lowest BCUT2D eigenvalue weighted by Crippen LogP contribution is -2.14. The highest BCUT2D eigenvalue weighted by Crippen LogP contribution is 2.29. The third-order valence-electron chi connectivity index (χ3n) is 5.10. The van der Waals surface area contributed by atoms with E-state index in [9.17, 15) is 4.79 Å². The number of fused-ring (bicyclic) bond motifs is 1. The molecule has 1 aliphatic rings. The maximum atomic E-state index is 12.4. The van der Waals surface area contributed by atoms with E-state index in [0.29, 0.717) is 11.3 Å². The van der Waals surface area contributed by atoms with Gasteiger partial charge in [0.2, 0.25) is 0 Å². The number of carbonyl (C=O) groups is 1. The summed E-state index contributed by atoms with van der Waals surface area (Å²) in [5, 5.41) is 4.18. The van der Waals surface area contributed by atoms with Gasteiger partial charge in [-0.25, -0.2) is 4.79 Å². The van der Waals surface area contributed by atoms with Crippen molar-refractivity contribution in [1.82, 2.24) is 0 Å². The Hall–Kier alpha value is -3.60. The molecular formula is C25H23NO4. The summed E-state index contributed by atoms with van der Waals surface area (Å²) < 4.78 is 11.2. The Morgan fingerprint density at radius 3 is 2.40 bits per heavy atom. The van der Waals surface area contributed by atoms with E-state index in [4.69, 9.17) is 14.3 Å². The minimum atomic E-state index is -0.494. The van der Waals surface area contributed by atoms with E-state index in [0.717, 1.165) is 47.6 Å². The molecule has 0 unspecified atom stereocenters. The average molecular weight is 401 g/mol. The van der Waals surface area contributed by atoms with Crippen molar-refractivity contribution in [2.24, 2.45) is 5.16 Å². The van der Waals surface area contributed by atoms with Gasteiger partial charge in [0.05, 0.1) is 18.4 Å². The van der Waals surface area contributed by atoms with Gasteiger partial charge in [-0.1, -0.05) is 23.4 Å². The molecule has 0 aliphatic heterocycles. The van der Waals surface area contributed by atoms with Crippen molar-refractivity contribution in [3.63, 3.8) is 0 Å². The fourth-order valence-electron chi connectivity index (χ4n) is 3.53. The molecule has 0 atom stereocenters. The van der Waals surface area contributed by atoms with Crippen LogP contribution in [0.15, 0.2) is 71.9 Å². The molecule has 152 valence electrons. The maximum Gasteiger partial charge on any atom is 0.365 e. The minimum absolute atomic E-state index is 0.418. The molecule has 0 bridgehead atoms. The summed E-state index contributed by atoms with van der Waals surface area (Å²) in [7, 11) is 1.67. The lowest BCUT2D eigenvalue weighted by atomic mass is 9.88. The van der Waals surface area contributed by atoms with E-state index in [1.165, 1.54) is 5.56 Å². The van der Waals surface area contributed by atoms with Gasteiger partial charge in [-0.3, -0.25) is 0 Å². The molecule has 3 aromatic carbocycles. The van der Waals surface area contributed by atoms with E-state index >= 15 is 0 Å². The lowest BCUT2D eigenvalue weighted by Gasteiger charge is -2.19. The van der Waals surface area contributed by atoms with Crippen molar-refractivity contribution in [2.45, 2.75) is 26.2 Å². The molecule has 1 aliphatic carbocycles. The quantitative estimate of drug-likeness (QED) is 0.407. The number of hydrogen-bond acceptors (Lipinski definition) is 5. The van der Waals surface area contributed by atoms with Crippen LogP contribution in [0.25, 0.3) is 0 Å². The molecule has 0 fully saturated rings. The van der Waals surface area contributed by atoms with Gasteiger partial charge in [0.1, 0.15) is 17.2 Å². The van der Waals surface area contributed by atoms with Crippen LogP contribution in [0.2, 0.25) is 0 Å². The van der Waals surface area contributed by atoms with Gasteiger partial charge in [0.25, 0.3) is 0 Å². The summed E-state index contributed by atoms with van der Waals surface area (Å²) in [6.45, 7) is 2.00. The van der Waals surface area contributed by atoms with E-state index in [-0.39, 0.29) is 0 Å². The average Bonchev–Trinajstić information content (AvgIpc) is 2.78. The standard InChI is InChI=1S/C25H23NO4/c1-17-15-22-19(16-24(17)28-2)7-6-10-23(22)26-30-25(27)18-11-13-21(14-12-18)29-20-8-4-3-5-9-20/h3-5,8-9,11-16H,6-7,10H2,1-2H3/b26-23-. The van der Waals surface area contributed by atoms with Crippen molar-refractivity contribution in [2.75, 3.05) is 7.11 Å². The Morgan fingerprint density at radius 2 is 1.67 bits per heavy atom. The van der Waals surface area contributed by atoms with Gasteiger partial charge in [0.15, 0.2) is 0 Å². The number of oxime groups is 1. The first kappa shape index (κ1) is 19.7. The van der Waals surface area contributed by atoms with Crippen LogP contribution in [0, 0.1) is 6.92 Å². The number of carbonyl (C=O) groups excluding carboxylic acids is 1. The predicted molar refractivity (Wildman–Crippen MR) is 116 cm³/mol. The fraction of sp³-hybridized carbons (Fsp3) is 0.200. The van der Waals surface area contributed by atoms with Gasteiger partial charge in [-0.15, -0.1) is 0 Å². The number of methoxy groups -OCH3 is 1. The van der Waals surface area contributed by atoms with Crippen LogP contribution in [0.5, 0.6) is 17.2 Å². The van der Waals surface area contributed by atoms with Gasteiger partial charge in [-0.05, 0) is 85.8 Å². The zero-order valence-corrected chi connectivity index (χ0v) is 17.1. The molecule has 0 saturated carbocycles. The normalized spacial score (nSPS) is 14.1. The largest absolute Gasteiger partial charge is 0.496 e. The molecule has 30 heavy (non-hydrogen) atoms. The van der Waals surface area contributed by atoms with Crippen LogP contribution in [0.3, 0.4) is 0 Å². The summed E-state index contributed by atoms with van der Waals surface area (Å²) in [6, 6.07) is 20.4. The van der Waals surface area contributed by atoms with Crippen LogP contribution >= 0.6 is 0 Å². The van der Waals surface area contributed by atoms with Crippen LogP contribution in [-0.2, 0) is 11.3 Å². The van der Waals surface area contributed by atoms with Crippen LogP contribution in [0.4, 0.5) is 0 Å². The third-order valence-corrected chi connectivity index (χ3v) is 5.10. The van der Waals surface area contributed by atoms with Crippen molar-refractivity contribution < 1.29 is 19.1 Å². The van der Waals surface area contributed by atoms with Crippen molar-refractivity contribution in [3.05, 3.63) is 89.0 Å². The van der Waals surface area contributed by atoms with Crippen molar-refractivity contribution >= 4 is 11.7 Å². The second kappa shape index (κ2) is 8.82. The highest BCUT2D eigenvalue weighted by molar-refractivity contribution is 6.03. The smallest absolute Gasteiger partial charge is 0.365 e. The molecule has 3 aromatic rings. The first-order chi connectivity index (χ1) is 14.6. The molecule has 0 N–H and O–H groups in total. The van der Waals surface area contributed by atoms with E-state index in [1.54, 1.807) is 31.4 Å². The Bertz CT molecular complexity index is 1070. The Balaban J connectivity index is 1.46. The van der Waals surface area contributed by atoms with Gasteiger partial charge >= 0.3 is 5.97 Å². The number of para-hydroxylation sites is 1. The molecule has 0 heterocycles. The summed E-state index contributed by atoms with van der Waals surface area (Å²) in [5.41, 5.74) is 4.44. The molecule has 0 radical (unpaired) electrons. The molecule has 5 heteroatoms. The van der Waals surface area contributed by atoms with Crippen molar-refractivity contribution in [1.29, 1.82) is 0 Å². The minimum Gasteiger partial charge on any atom is -0.496 e. The summed E-state index contributed by atoms with van der Waals surface area (Å²) in [6.07, 6.45) is 2.69. The second-order valence-corrected chi connectivity index (χ2v) is 7.19. The fourth-order valence-corrected chi connectivity index (χ4v) is 3.53. The zero-order chi connectivity index (χ0) is 20.9.